The number of ether oxygens (including phenoxy) is 1. The van der Waals surface area contributed by atoms with Gasteiger partial charge in [0.15, 0.2) is 0 Å². The topological polar surface area (TPSA) is 152 Å². The first kappa shape index (κ1) is 35.7. The molecule has 2 heterocycles. The highest BCUT2D eigenvalue weighted by atomic mass is 16.5. The maximum atomic E-state index is 12.9. The minimum Gasteiger partial charge on any atom is -0.494 e. The lowest BCUT2D eigenvalue weighted by atomic mass is 10.1. The molecule has 240 valence electrons. The van der Waals surface area contributed by atoms with E-state index >= 15 is 0 Å². The number of carbonyl (C=O) groups excluding carboxylic acids is 2. The summed E-state index contributed by atoms with van der Waals surface area (Å²) >= 11 is 0. The van der Waals surface area contributed by atoms with Crippen molar-refractivity contribution in [2.24, 2.45) is 11.8 Å². The predicted octanol–water partition coefficient (Wildman–Crippen LogP) is 4.07. The van der Waals surface area contributed by atoms with Gasteiger partial charge in [-0.2, -0.15) is 9.13 Å². The molecule has 0 saturated heterocycles. The minimum absolute atomic E-state index is 0.112. The average Bonchev–Trinajstić information content (AvgIpc) is 3.03. The zero-order valence-electron chi connectivity index (χ0n) is 27.0. The van der Waals surface area contributed by atoms with E-state index in [-0.39, 0.29) is 22.9 Å². The third-order valence-corrected chi connectivity index (χ3v) is 7.94. The summed E-state index contributed by atoms with van der Waals surface area (Å²) in [6, 6.07) is 9.12. The molecule has 2 atom stereocenters. The second-order valence-electron chi connectivity index (χ2n) is 10.7. The van der Waals surface area contributed by atoms with E-state index in [1.807, 2.05) is 44.2 Å². The van der Waals surface area contributed by atoms with Crippen LogP contribution in [0.1, 0.15) is 94.0 Å². The number of para-hydroxylation sites is 1. The highest BCUT2D eigenvalue weighted by molar-refractivity contribution is 5.84. The molecule has 2 unspecified atom stereocenters. The van der Waals surface area contributed by atoms with E-state index < -0.39 is 40.8 Å². The van der Waals surface area contributed by atoms with Gasteiger partial charge in [-0.1, -0.05) is 59.7 Å². The van der Waals surface area contributed by atoms with E-state index in [9.17, 15) is 33.9 Å². The summed E-state index contributed by atoms with van der Waals surface area (Å²) < 4.78 is 9.13. The Morgan fingerprint density at radius 3 is 1.70 bits per heavy atom. The molecule has 0 bridgehead atoms. The van der Waals surface area contributed by atoms with Gasteiger partial charge < -0.3 is 9.84 Å². The SMILES string of the molecule is CCC(C)C(=O)n1c(O)c(C)c(=O)n(C(=O)C(C)CC)c1=O.CCC(CC)n1c(=O)c(C)c(OC)n(-c2ccccc2)c1=O. The van der Waals surface area contributed by atoms with Crippen LogP contribution < -0.4 is 27.2 Å². The Morgan fingerprint density at radius 1 is 0.750 bits per heavy atom. The molecule has 0 spiro atoms. The number of hydrogen-bond donors (Lipinski definition) is 1. The lowest BCUT2D eigenvalue weighted by Gasteiger charge is -2.21. The molecule has 3 rings (SSSR count). The molecule has 0 aliphatic heterocycles. The van der Waals surface area contributed by atoms with Crippen molar-refractivity contribution in [1.82, 2.24) is 18.3 Å². The lowest BCUT2D eigenvalue weighted by molar-refractivity contribution is 0.0798. The van der Waals surface area contributed by atoms with Crippen molar-refractivity contribution in [3.8, 4) is 17.4 Å². The summed E-state index contributed by atoms with van der Waals surface area (Å²) in [5.74, 6) is -2.78. The van der Waals surface area contributed by atoms with Crippen molar-refractivity contribution in [2.45, 2.75) is 87.1 Å². The van der Waals surface area contributed by atoms with E-state index in [1.54, 1.807) is 34.6 Å². The molecule has 1 aromatic carbocycles. The number of benzene rings is 1. The fraction of sp³-hybridized carbons (Fsp3) is 0.500. The molecule has 12 heteroatoms. The Bertz CT molecular complexity index is 1730. The van der Waals surface area contributed by atoms with Gasteiger partial charge in [-0.3, -0.25) is 23.7 Å². The Kier molecular flexibility index (Phi) is 12.4. The van der Waals surface area contributed by atoms with Crippen LogP contribution >= 0.6 is 0 Å². The van der Waals surface area contributed by atoms with Crippen LogP contribution in [0.2, 0.25) is 0 Å². The lowest BCUT2D eigenvalue weighted by Crippen LogP contribution is -2.48. The number of hydrogen-bond acceptors (Lipinski definition) is 8. The standard InChI is InChI=1S/C17H22N2O3.C15H22N2O5/c1-5-13(6-2)18-15(20)12(3)16(22-4)19(17(18)21)14-10-8-7-9-11-14;1-6-8(3)11(18)16-13(20)10(5)14(21)17(15(16)22)12(19)9(4)7-2/h7-11,13H,5-6H2,1-4H3;8-9,20H,6-7H2,1-5H3. The van der Waals surface area contributed by atoms with Gasteiger partial charge in [0.25, 0.3) is 11.1 Å². The first-order chi connectivity index (χ1) is 20.7. The van der Waals surface area contributed by atoms with Crippen LogP contribution in [0.15, 0.2) is 49.5 Å². The number of carbonyl (C=O) groups is 2. The van der Waals surface area contributed by atoms with Gasteiger partial charge in [-0.25, -0.2) is 14.2 Å². The van der Waals surface area contributed by atoms with Crippen LogP contribution in [0.3, 0.4) is 0 Å². The molecular weight excluding hydrogens is 568 g/mol. The van der Waals surface area contributed by atoms with E-state index in [0.717, 1.165) is 12.8 Å². The third kappa shape index (κ3) is 6.84. The zero-order valence-corrected chi connectivity index (χ0v) is 27.0. The number of aromatic hydroxyl groups is 1. The maximum absolute atomic E-state index is 12.9. The molecule has 0 aliphatic carbocycles. The molecule has 12 nitrogen and oxygen atoms in total. The molecule has 0 saturated carbocycles. The van der Waals surface area contributed by atoms with Crippen molar-refractivity contribution in [2.75, 3.05) is 7.11 Å². The van der Waals surface area contributed by atoms with Gasteiger partial charge in [-0.05, 0) is 51.7 Å². The minimum atomic E-state index is -1.11. The predicted molar refractivity (Wildman–Crippen MR) is 169 cm³/mol. The monoisotopic (exact) mass is 612 g/mol. The largest absolute Gasteiger partial charge is 0.494 e. The summed E-state index contributed by atoms with van der Waals surface area (Å²) in [5.41, 5.74) is -1.70. The molecular formula is C32H44N4O8. The summed E-state index contributed by atoms with van der Waals surface area (Å²) in [4.78, 5) is 74.6. The molecule has 44 heavy (non-hydrogen) atoms. The Hall–Kier alpha value is -4.48. The van der Waals surface area contributed by atoms with Crippen molar-refractivity contribution < 1.29 is 19.4 Å². The molecule has 2 aromatic heterocycles. The van der Waals surface area contributed by atoms with Crippen LogP contribution in [-0.4, -0.2) is 42.3 Å². The summed E-state index contributed by atoms with van der Waals surface area (Å²) in [6.07, 6.45) is 2.37. The fourth-order valence-corrected chi connectivity index (χ4v) is 4.64. The third-order valence-electron chi connectivity index (χ3n) is 7.94. The van der Waals surface area contributed by atoms with Crippen LogP contribution in [0, 0.1) is 25.7 Å². The van der Waals surface area contributed by atoms with Gasteiger partial charge in [0.1, 0.15) is 0 Å². The van der Waals surface area contributed by atoms with Crippen LogP contribution in [0.5, 0.6) is 11.8 Å². The molecule has 3 aromatic rings. The summed E-state index contributed by atoms with van der Waals surface area (Å²) in [6.45, 7) is 13.6. The molecule has 1 N–H and O–H groups in total. The molecule has 0 aliphatic rings. The van der Waals surface area contributed by atoms with E-state index in [1.165, 1.54) is 23.2 Å². The molecule has 0 fully saturated rings. The van der Waals surface area contributed by atoms with Crippen LogP contribution in [0.4, 0.5) is 0 Å². The van der Waals surface area contributed by atoms with E-state index in [2.05, 4.69) is 0 Å². The van der Waals surface area contributed by atoms with E-state index in [0.29, 0.717) is 39.1 Å². The van der Waals surface area contributed by atoms with Gasteiger partial charge in [0.2, 0.25) is 23.6 Å². The molecule has 0 amide bonds. The Labute approximate surface area is 256 Å². The van der Waals surface area contributed by atoms with Crippen LogP contribution in [-0.2, 0) is 0 Å². The quantitative estimate of drug-likeness (QED) is 0.380. The van der Waals surface area contributed by atoms with Crippen molar-refractivity contribution >= 4 is 11.8 Å². The average molecular weight is 613 g/mol. The second-order valence-corrected chi connectivity index (χ2v) is 10.7. The van der Waals surface area contributed by atoms with Crippen LogP contribution in [0.25, 0.3) is 5.69 Å². The summed E-state index contributed by atoms with van der Waals surface area (Å²) in [7, 11) is 1.47. The number of methoxy groups -OCH3 is 1. The fourth-order valence-electron chi connectivity index (χ4n) is 4.64. The smallest absolute Gasteiger partial charge is 0.347 e. The highest BCUT2D eigenvalue weighted by Gasteiger charge is 2.27. The number of rotatable bonds is 9. The second kappa shape index (κ2) is 15.3. The Balaban J connectivity index is 0.000000307. The zero-order chi connectivity index (χ0) is 33.5. The Morgan fingerprint density at radius 2 is 1.25 bits per heavy atom. The van der Waals surface area contributed by atoms with Crippen molar-refractivity contribution in [1.29, 1.82) is 0 Å². The van der Waals surface area contributed by atoms with Gasteiger partial charge in [-0.15, -0.1) is 0 Å². The first-order valence-electron chi connectivity index (χ1n) is 14.9. The highest BCUT2D eigenvalue weighted by Crippen LogP contribution is 2.20. The maximum Gasteiger partial charge on any atom is 0.347 e. The van der Waals surface area contributed by atoms with E-state index in [4.69, 9.17) is 4.74 Å². The van der Waals surface area contributed by atoms with Crippen molar-refractivity contribution in [3.05, 3.63) is 83.1 Å². The molecule has 0 radical (unpaired) electrons. The van der Waals surface area contributed by atoms with Gasteiger partial charge in [0.05, 0.1) is 23.9 Å². The number of aromatic nitrogens is 4. The first-order valence-corrected chi connectivity index (χ1v) is 14.9. The number of nitrogens with zero attached hydrogens (tertiary/aromatic N) is 4. The normalized spacial score (nSPS) is 12.3. The van der Waals surface area contributed by atoms with Gasteiger partial charge in [0, 0.05) is 17.9 Å². The summed E-state index contributed by atoms with van der Waals surface area (Å²) in [5, 5.41) is 9.99. The van der Waals surface area contributed by atoms with Gasteiger partial charge >= 0.3 is 11.4 Å². The van der Waals surface area contributed by atoms with Crippen molar-refractivity contribution in [3.63, 3.8) is 0 Å².